The molecule has 3 aromatic rings. The molecule has 3 rings (SSSR count). The Morgan fingerprint density at radius 1 is 1.00 bits per heavy atom. The minimum Gasteiger partial charge on any atom is -0.468 e. The van der Waals surface area contributed by atoms with Gasteiger partial charge in [-0.05, 0) is 79.0 Å². The van der Waals surface area contributed by atoms with Crippen LogP contribution in [0.3, 0.4) is 0 Å². The van der Waals surface area contributed by atoms with Gasteiger partial charge in [0.15, 0.2) is 5.11 Å². The van der Waals surface area contributed by atoms with Crippen LogP contribution >= 0.6 is 12.2 Å². The van der Waals surface area contributed by atoms with E-state index in [0.717, 1.165) is 12.0 Å². The molecule has 0 radical (unpaired) electrons. The zero-order valence-corrected chi connectivity index (χ0v) is 21.0. The maximum Gasteiger partial charge on any atom is 0.240 e. The lowest BCUT2D eigenvalue weighted by molar-refractivity contribution is -0.120. The lowest BCUT2D eigenvalue weighted by Gasteiger charge is -2.15. The van der Waals surface area contributed by atoms with Crippen molar-refractivity contribution in [1.29, 1.82) is 0 Å². The Bertz CT molecular complexity index is 1200. The van der Waals surface area contributed by atoms with Gasteiger partial charge in [-0.25, -0.2) is 13.1 Å². The summed E-state index contributed by atoms with van der Waals surface area (Å²) in [5, 5.41) is 5.75. The number of thiocarbonyl (C=S) groups is 1. The van der Waals surface area contributed by atoms with Crippen LogP contribution in [0.1, 0.15) is 43.6 Å². The van der Waals surface area contributed by atoms with Gasteiger partial charge in [0.25, 0.3) is 0 Å². The molecule has 9 heteroatoms. The van der Waals surface area contributed by atoms with Gasteiger partial charge >= 0.3 is 0 Å². The molecule has 2 aromatic carbocycles. The van der Waals surface area contributed by atoms with Crippen molar-refractivity contribution >= 4 is 38.9 Å². The van der Waals surface area contributed by atoms with Crippen LogP contribution in [-0.2, 0) is 27.8 Å². The van der Waals surface area contributed by atoms with Gasteiger partial charge in [0, 0.05) is 5.69 Å². The summed E-state index contributed by atoms with van der Waals surface area (Å²) >= 11 is 5.26. The third kappa shape index (κ3) is 7.24. The topological polar surface area (TPSA) is 100 Å². The number of hydrogen-bond donors (Lipinski definition) is 3. The van der Waals surface area contributed by atoms with Crippen molar-refractivity contribution < 1.29 is 17.6 Å². The van der Waals surface area contributed by atoms with Crippen LogP contribution in [-0.4, -0.2) is 19.4 Å². The van der Waals surface area contributed by atoms with E-state index in [2.05, 4.69) is 41.3 Å². The van der Waals surface area contributed by atoms with Gasteiger partial charge in [0.1, 0.15) is 5.76 Å². The number of furan rings is 1. The number of nitrogens with one attached hydrogen (secondary N) is 3. The van der Waals surface area contributed by atoms with E-state index in [0.29, 0.717) is 17.4 Å². The van der Waals surface area contributed by atoms with Crippen molar-refractivity contribution in [1.82, 2.24) is 10.0 Å². The first-order chi connectivity index (χ1) is 16.1. The maximum absolute atomic E-state index is 12.6. The number of carbonyl (C=O) groups excluding carboxylic acids is 1. The second kappa shape index (κ2) is 11.4. The summed E-state index contributed by atoms with van der Waals surface area (Å²) in [4.78, 5) is 12.7. The smallest absolute Gasteiger partial charge is 0.240 e. The zero-order chi connectivity index (χ0) is 24.7. The molecular weight excluding hydrogens is 470 g/mol. The minimum atomic E-state index is -3.69. The monoisotopic (exact) mass is 499 g/mol. The van der Waals surface area contributed by atoms with Crippen LogP contribution in [0.4, 0.5) is 5.69 Å². The number of carbonyl (C=O) groups is 1. The van der Waals surface area contributed by atoms with Crippen molar-refractivity contribution in [3.05, 3.63) is 83.8 Å². The Labute approximate surface area is 206 Å². The van der Waals surface area contributed by atoms with Crippen LogP contribution in [0, 0.1) is 5.92 Å². The Kier molecular flexibility index (Phi) is 8.60. The highest BCUT2D eigenvalue weighted by molar-refractivity contribution is 7.89. The molecule has 1 amide bonds. The van der Waals surface area contributed by atoms with Crippen LogP contribution in [0.5, 0.6) is 0 Å². The number of sulfonamides is 1. The standard InChI is InChI=1S/C25H29N3O4S2/c1-17(2)15-19-6-8-20(9-7-19)18(3)24(29)28-25(33)27-21-10-12-23(13-11-21)34(30,31)26-16-22-5-4-14-32-22/h4-14,17-18,26H,15-16H2,1-3H3,(H2,27,28,29,33). The van der Waals surface area contributed by atoms with Gasteiger partial charge in [0.05, 0.1) is 23.6 Å². The minimum absolute atomic E-state index is 0.0596. The lowest BCUT2D eigenvalue weighted by atomic mass is 9.96. The molecule has 0 saturated carbocycles. The van der Waals surface area contributed by atoms with Gasteiger partial charge < -0.3 is 15.1 Å². The van der Waals surface area contributed by atoms with Crippen LogP contribution in [0.25, 0.3) is 0 Å². The largest absolute Gasteiger partial charge is 0.468 e. The predicted octanol–water partition coefficient (Wildman–Crippen LogP) is 4.57. The number of amides is 1. The van der Waals surface area contributed by atoms with Crippen molar-refractivity contribution in [3.63, 3.8) is 0 Å². The lowest BCUT2D eigenvalue weighted by Crippen LogP contribution is -2.36. The second-order valence-electron chi connectivity index (χ2n) is 8.43. The molecule has 0 aliphatic rings. The van der Waals surface area contributed by atoms with Crippen LogP contribution < -0.4 is 15.4 Å². The number of rotatable bonds is 9. The van der Waals surface area contributed by atoms with E-state index in [1.54, 1.807) is 24.3 Å². The third-order valence-corrected chi connectivity index (χ3v) is 6.81. The Balaban J connectivity index is 1.53. The fourth-order valence-corrected chi connectivity index (χ4v) is 4.54. The van der Waals surface area contributed by atoms with Gasteiger partial charge in [-0.15, -0.1) is 0 Å². The molecule has 0 aliphatic heterocycles. The quantitative estimate of drug-likeness (QED) is 0.373. The first-order valence-electron chi connectivity index (χ1n) is 11.0. The Morgan fingerprint density at radius 3 is 2.26 bits per heavy atom. The SMILES string of the molecule is CC(C)Cc1ccc(C(C)C(=O)NC(=S)Nc2ccc(S(=O)(=O)NCc3ccco3)cc2)cc1. The van der Waals surface area contributed by atoms with Crippen molar-refractivity contribution in [3.8, 4) is 0 Å². The van der Waals surface area contributed by atoms with Crippen molar-refractivity contribution in [2.45, 2.75) is 44.6 Å². The molecule has 1 atom stereocenters. The molecule has 34 heavy (non-hydrogen) atoms. The van der Waals surface area contributed by atoms with Gasteiger partial charge in [0.2, 0.25) is 15.9 Å². The Morgan fingerprint density at radius 2 is 1.68 bits per heavy atom. The highest BCUT2D eigenvalue weighted by Crippen LogP contribution is 2.18. The highest BCUT2D eigenvalue weighted by Gasteiger charge is 2.17. The predicted molar refractivity (Wildman–Crippen MR) is 137 cm³/mol. The van der Waals surface area contributed by atoms with Crippen molar-refractivity contribution in [2.75, 3.05) is 5.32 Å². The molecule has 1 aromatic heterocycles. The zero-order valence-electron chi connectivity index (χ0n) is 19.4. The summed E-state index contributed by atoms with van der Waals surface area (Å²) in [5.74, 6) is 0.488. The maximum atomic E-state index is 12.6. The van der Waals surface area contributed by atoms with Gasteiger partial charge in [-0.1, -0.05) is 38.1 Å². The van der Waals surface area contributed by atoms with Crippen molar-refractivity contribution in [2.24, 2.45) is 5.92 Å². The van der Waals surface area contributed by atoms with Crippen LogP contribution in [0.2, 0.25) is 0 Å². The first-order valence-corrected chi connectivity index (χ1v) is 12.9. The fourth-order valence-electron chi connectivity index (χ4n) is 3.33. The number of hydrogen-bond acceptors (Lipinski definition) is 5. The molecule has 0 aliphatic carbocycles. The summed E-state index contributed by atoms with van der Waals surface area (Å²) in [5.41, 5.74) is 2.70. The van der Waals surface area contributed by atoms with E-state index in [4.69, 9.17) is 16.6 Å². The van der Waals surface area contributed by atoms with E-state index < -0.39 is 10.0 Å². The normalized spacial score (nSPS) is 12.4. The van der Waals surface area contributed by atoms with E-state index >= 15 is 0 Å². The van der Waals surface area contributed by atoms with E-state index in [1.165, 1.54) is 24.0 Å². The molecule has 3 N–H and O–H groups in total. The first kappa shape index (κ1) is 25.6. The molecule has 1 unspecified atom stereocenters. The average Bonchev–Trinajstić information content (AvgIpc) is 3.31. The number of anilines is 1. The molecule has 180 valence electrons. The van der Waals surface area contributed by atoms with Gasteiger partial charge in [-0.3, -0.25) is 4.79 Å². The van der Waals surface area contributed by atoms with Crippen LogP contribution in [0.15, 0.2) is 76.2 Å². The number of benzene rings is 2. The molecule has 0 spiro atoms. The Hall–Kier alpha value is -3.01. The molecule has 1 heterocycles. The second-order valence-corrected chi connectivity index (χ2v) is 10.6. The molecular formula is C25H29N3O4S2. The molecule has 0 bridgehead atoms. The van der Waals surface area contributed by atoms with E-state index in [-0.39, 0.29) is 28.4 Å². The van der Waals surface area contributed by atoms with Gasteiger partial charge in [-0.2, -0.15) is 0 Å². The fraction of sp³-hybridized carbons (Fsp3) is 0.280. The van der Waals surface area contributed by atoms with E-state index in [1.807, 2.05) is 19.1 Å². The highest BCUT2D eigenvalue weighted by atomic mass is 32.2. The average molecular weight is 500 g/mol. The summed E-state index contributed by atoms with van der Waals surface area (Å²) in [6.07, 6.45) is 2.48. The summed E-state index contributed by atoms with van der Waals surface area (Å²) in [6.45, 7) is 6.22. The third-order valence-electron chi connectivity index (χ3n) is 5.19. The molecule has 0 fully saturated rings. The summed E-state index contributed by atoms with van der Waals surface area (Å²) in [7, 11) is -3.69. The van der Waals surface area contributed by atoms with E-state index in [9.17, 15) is 13.2 Å². The summed E-state index contributed by atoms with van der Waals surface area (Å²) < 4.78 is 32.5. The molecule has 0 saturated heterocycles. The molecule has 7 nitrogen and oxygen atoms in total. The summed E-state index contributed by atoms with van der Waals surface area (Å²) in [6, 6.07) is 17.5.